The summed E-state index contributed by atoms with van der Waals surface area (Å²) in [6.45, 7) is 0. The molecule has 21 heteroatoms. The van der Waals surface area contributed by atoms with Crippen LogP contribution in [0.2, 0.25) is 5.02 Å². The van der Waals surface area contributed by atoms with Gasteiger partial charge in [-0.3, -0.25) is 14.4 Å². The molecule has 266 valence electrons. The van der Waals surface area contributed by atoms with Crippen LogP contribution >= 0.6 is 23.3 Å². The molecule has 52 heavy (non-hydrogen) atoms. The number of rotatable bonds is 6. The average molecular weight is 793 g/mol. The molecule has 0 fully saturated rings. The fourth-order valence-corrected chi connectivity index (χ4v) is 8.30. The van der Waals surface area contributed by atoms with E-state index in [0.29, 0.717) is 45.8 Å². The molecule has 0 spiro atoms. The Labute approximate surface area is 298 Å². The monoisotopic (exact) mass is 792 g/mol. The molecular formula is C31H18ClF5N8O4S3. The molecule has 0 atom stereocenters. The van der Waals surface area contributed by atoms with E-state index in [0.717, 1.165) is 34.9 Å². The van der Waals surface area contributed by atoms with Gasteiger partial charge < -0.3 is 9.97 Å². The van der Waals surface area contributed by atoms with Crippen LogP contribution in [0.5, 0.6) is 0 Å². The molecule has 4 N–H and O–H groups in total. The summed E-state index contributed by atoms with van der Waals surface area (Å²) in [5, 5.41) is 0.839. The van der Waals surface area contributed by atoms with E-state index in [4.69, 9.17) is 11.6 Å². The van der Waals surface area contributed by atoms with Gasteiger partial charge in [0, 0.05) is 40.8 Å². The SMILES string of the molecule is O=S(=O)(Nc1cc(F)c(Cl)cc1F)c1c[nH]c2nc(C(F)(F)F)ccc12.O=S(=O)(Nc1cccc2nsnc12)c1cnc2c1ccc1ccc[nH]c12. The lowest BCUT2D eigenvalue weighted by molar-refractivity contribution is -0.141. The minimum Gasteiger partial charge on any atom is -0.359 e. The third-order valence-electron chi connectivity index (χ3n) is 7.54. The minimum absolute atomic E-state index is 0.131. The van der Waals surface area contributed by atoms with Crippen LogP contribution in [0, 0.1) is 11.6 Å². The average Bonchev–Trinajstić information content (AvgIpc) is 3.86. The lowest BCUT2D eigenvalue weighted by atomic mass is 10.1. The molecular weight excluding hydrogens is 775 g/mol. The summed E-state index contributed by atoms with van der Waals surface area (Å²) in [4.78, 5) is 12.7. The second-order valence-electron chi connectivity index (χ2n) is 10.9. The number of hydrogen-bond donors (Lipinski definition) is 4. The molecule has 3 aromatic carbocycles. The molecule has 0 saturated heterocycles. The first-order valence-corrected chi connectivity index (χ1v) is 18.5. The standard InChI is InChI=1S/C17H11N5O2S2.C14H7ClF5N3O2S/c23-26(24,22-13-5-1-4-12-17(13)21-25-20-12)14-9-19-16-11(14)7-6-10-3-2-8-18-15(10)16;15-7-3-9(17)10(4-8(7)16)23-26(24,25)11-5-21-13-6(11)1-2-12(22-13)14(18,19)20/h1-9,18,22H;1-5,23H,(H,21,22). The predicted molar refractivity (Wildman–Crippen MR) is 185 cm³/mol. The summed E-state index contributed by atoms with van der Waals surface area (Å²) >= 11 is 6.43. The number of nitrogens with one attached hydrogen (secondary N) is 4. The normalized spacial score (nSPS) is 12.3. The third kappa shape index (κ3) is 6.56. The molecule has 8 rings (SSSR count). The number of anilines is 2. The zero-order chi connectivity index (χ0) is 37.0. The smallest absolute Gasteiger partial charge is 0.359 e. The Morgan fingerprint density at radius 2 is 1.52 bits per heavy atom. The van der Waals surface area contributed by atoms with Gasteiger partial charge in [0.2, 0.25) is 0 Å². The Morgan fingerprint density at radius 1 is 0.769 bits per heavy atom. The first kappa shape index (κ1) is 35.0. The number of halogens is 6. The van der Waals surface area contributed by atoms with E-state index >= 15 is 0 Å². The van der Waals surface area contributed by atoms with Crippen LogP contribution in [0.15, 0.2) is 95.1 Å². The molecule has 5 aromatic heterocycles. The Hall–Kier alpha value is -5.44. The van der Waals surface area contributed by atoms with Crippen molar-refractivity contribution in [3.63, 3.8) is 0 Å². The van der Waals surface area contributed by atoms with Gasteiger partial charge in [0.25, 0.3) is 20.0 Å². The van der Waals surface area contributed by atoms with Crippen molar-refractivity contribution in [3.8, 4) is 0 Å². The number of H-pyrrole nitrogens is 2. The Balaban J connectivity index is 0.000000162. The second kappa shape index (κ2) is 13.0. The van der Waals surface area contributed by atoms with E-state index in [1.54, 1.807) is 30.5 Å². The molecule has 0 aliphatic carbocycles. The summed E-state index contributed by atoms with van der Waals surface area (Å²) in [6, 6.07) is 15.3. The van der Waals surface area contributed by atoms with Gasteiger partial charge in [-0.25, -0.2) is 30.6 Å². The quantitative estimate of drug-likeness (QED) is 0.0973. The summed E-state index contributed by atoms with van der Waals surface area (Å²) in [6.07, 6.45) is -0.642. The van der Waals surface area contributed by atoms with Gasteiger partial charge in [-0.15, -0.1) is 0 Å². The summed E-state index contributed by atoms with van der Waals surface area (Å²) in [5.74, 6) is -2.18. The minimum atomic E-state index is -4.71. The zero-order valence-corrected chi connectivity index (χ0v) is 28.7. The molecule has 0 radical (unpaired) electrons. The Bertz CT molecular complexity index is 2900. The van der Waals surface area contributed by atoms with Crippen LogP contribution in [0.25, 0.3) is 43.9 Å². The highest BCUT2D eigenvalue weighted by atomic mass is 35.5. The van der Waals surface area contributed by atoms with Crippen molar-refractivity contribution >= 4 is 98.6 Å². The summed E-state index contributed by atoms with van der Waals surface area (Å²) in [5.41, 5.74) is 0.760. The van der Waals surface area contributed by atoms with Gasteiger partial charge in [0.05, 0.1) is 39.2 Å². The molecule has 0 saturated carbocycles. The molecule has 12 nitrogen and oxygen atoms in total. The number of aromatic amines is 2. The molecule has 5 heterocycles. The maximum atomic E-state index is 13.8. The van der Waals surface area contributed by atoms with Gasteiger partial charge in [-0.2, -0.15) is 21.9 Å². The molecule has 0 unspecified atom stereocenters. The van der Waals surface area contributed by atoms with Crippen molar-refractivity contribution in [2.24, 2.45) is 0 Å². The number of alkyl halides is 3. The van der Waals surface area contributed by atoms with Gasteiger partial charge in [-0.1, -0.05) is 35.9 Å². The number of aromatic nitrogens is 6. The number of nitrogens with zero attached hydrogens (tertiary/aromatic N) is 4. The maximum Gasteiger partial charge on any atom is 0.433 e. The summed E-state index contributed by atoms with van der Waals surface area (Å²) < 4.78 is 129. The van der Waals surface area contributed by atoms with Crippen LogP contribution in [0.1, 0.15) is 5.69 Å². The van der Waals surface area contributed by atoms with E-state index in [9.17, 15) is 38.8 Å². The number of benzene rings is 3. The van der Waals surface area contributed by atoms with E-state index in [1.807, 2.05) is 22.9 Å². The van der Waals surface area contributed by atoms with E-state index in [-0.39, 0.29) is 15.9 Å². The molecule has 0 aliphatic rings. The molecule has 0 amide bonds. The fraction of sp³-hybridized carbons (Fsp3) is 0.0323. The number of pyridine rings is 2. The highest BCUT2D eigenvalue weighted by molar-refractivity contribution is 7.93. The topological polar surface area (TPSA) is 175 Å². The van der Waals surface area contributed by atoms with Gasteiger partial charge in [0.1, 0.15) is 43.8 Å². The van der Waals surface area contributed by atoms with Crippen LogP contribution < -0.4 is 9.44 Å². The largest absolute Gasteiger partial charge is 0.433 e. The van der Waals surface area contributed by atoms with Crippen LogP contribution in [-0.2, 0) is 26.2 Å². The lowest BCUT2D eigenvalue weighted by Crippen LogP contribution is -2.14. The first-order valence-electron chi connectivity index (χ1n) is 14.4. The second-order valence-corrected chi connectivity index (χ2v) is 15.1. The van der Waals surface area contributed by atoms with Gasteiger partial charge in [-0.05, 0) is 36.4 Å². The van der Waals surface area contributed by atoms with Crippen LogP contribution in [-0.4, -0.2) is 45.5 Å². The van der Waals surface area contributed by atoms with Crippen LogP contribution in [0.4, 0.5) is 33.3 Å². The van der Waals surface area contributed by atoms with Crippen LogP contribution in [0.3, 0.4) is 0 Å². The van der Waals surface area contributed by atoms with Crippen molar-refractivity contribution in [1.29, 1.82) is 0 Å². The molecule has 8 aromatic rings. The molecule has 0 bridgehead atoms. The van der Waals surface area contributed by atoms with Crippen molar-refractivity contribution in [1.82, 2.24) is 28.7 Å². The predicted octanol–water partition coefficient (Wildman–Crippen LogP) is 7.84. The van der Waals surface area contributed by atoms with E-state index < -0.39 is 59.2 Å². The van der Waals surface area contributed by atoms with E-state index in [2.05, 4.69) is 33.4 Å². The maximum absolute atomic E-state index is 13.8. The van der Waals surface area contributed by atoms with Gasteiger partial charge >= 0.3 is 6.18 Å². The van der Waals surface area contributed by atoms with Crippen molar-refractivity contribution < 1.29 is 38.8 Å². The third-order valence-corrected chi connectivity index (χ3v) is 11.2. The summed E-state index contributed by atoms with van der Waals surface area (Å²) in [7, 11) is -8.27. The zero-order valence-electron chi connectivity index (χ0n) is 25.5. The fourth-order valence-electron chi connectivity index (χ4n) is 5.17. The number of fused-ring (bicyclic) bond motifs is 5. The van der Waals surface area contributed by atoms with E-state index in [1.165, 1.54) is 6.20 Å². The number of sulfonamides is 2. The highest BCUT2D eigenvalue weighted by Gasteiger charge is 2.33. The Kier molecular flexibility index (Phi) is 8.72. The lowest BCUT2D eigenvalue weighted by Gasteiger charge is -2.09. The van der Waals surface area contributed by atoms with Crippen molar-refractivity contribution in [2.45, 2.75) is 16.0 Å². The van der Waals surface area contributed by atoms with Gasteiger partial charge in [0.15, 0.2) is 0 Å². The first-order chi connectivity index (χ1) is 24.6. The van der Waals surface area contributed by atoms with Crippen molar-refractivity contribution in [2.75, 3.05) is 9.44 Å². The van der Waals surface area contributed by atoms with Crippen molar-refractivity contribution in [3.05, 3.63) is 108 Å². The Morgan fingerprint density at radius 3 is 2.31 bits per heavy atom. The number of hydrogen-bond acceptors (Lipinski definition) is 9. The highest BCUT2D eigenvalue weighted by Crippen LogP contribution is 2.33. The molecule has 0 aliphatic heterocycles.